The Morgan fingerprint density at radius 1 is 1.13 bits per heavy atom. The van der Waals surface area contributed by atoms with E-state index >= 15 is 0 Å². The number of carbonyl (C=O) groups excluding carboxylic acids is 1. The minimum absolute atomic E-state index is 0.0302. The van der Waals surface area contributed by atoms with Gasteiger partial charge in [0.05, 0.1) is 18.2 Å². The molecular formula is C19H24N2O2. The van der Waals surface area contributed by atoms with Gasteiger partial charge in [-0.15, -0.1) is 0 Å². The van der Waals surface area contributed by atoms with Crippen LogP contribution in [0.4, 0.5) is 5.69 Å². The van der Waals surface area contributed by atoms with Gasteiger partial charge >= 0.3 is 0 Å². The van der Waals surface area contributed by atoms with Crippen molar-refractivity contribution in [3.8, 4) is 0 Å². The highest BCUT2D eigenvalue weighted by Crippen LogP contribution is 2.23. The lowest BCUT2D eigenvalue weighted by Crippen LogP contribution is -2.52. The van der Waals surface area contributed by atoms with Gasteiger partial charge in [0, 0.05) is 24.2 Å². The van der Waals surface area contributed by atoms with Crippen LogP contribution >= 0.6 is 0 Å². The van der Waals surface area contributed by atoms with Crippen molar-refractivity contribution in [2.24, 2.45) is 0 Å². The van der Waals surface area contributed by atoms with E-state index in [0.29, 0.717) is 0 Å². The lowest BCUT2D eigenvalue weighted by molar-refractivity contribution is -0.126. The summed E-state index contributed by atoms with van der Waals surface area (Å²) in [5.74, 6) is 0.0302. The van der Waals surface area contributed by atoms with Crippen LogP contribution in [-0.2, 0) is 9.53 Å². The number of hydrogen-bond donors (Lipinski definition) is 1. The lowest BCUT2D eigenvalue weighted by Gasteiger charge is -2.38. The molecule has 1 N–H and O–H groups in total. The summed E-state index contributed by atoms with van der Waals surface area (Å²) in [6.07, 6.45) is 0.318. The molecule has 1 heterocycles. The summed E-state index contributed by atoms with van der Waals surface area (Å²) >= 11 is 0. The van der Waals surface area contributed by atoms with Gasteiger partial charge in [0.1, 0.15) is 0 Å². The van der Waals surface area contributed by atoms with Gasteiger partial charge < -0.3 is 10.1 Å². The van der Waals surface area contributed by atoms with Crippen molar-refractivity contribution in [3.05, 3.63) is 42.5 Å². The SMILES string of the molecule is CC1CN(C(C)C(=O)Nc2cccc3ccccc23)CC(C)O1. The molecule has 0 bridgehead atoms. The van der Waals surface area contributed by atoms with Crippen molar-refractivity contribution in [3.63, 3.8) is 0 Å². The summed E-state index contributed by atoms with van der Waals surface area (Å²) in [4.78, 5) is 14.9. The topological polar surface area (TPSA) is 41.6 Å². The third-order valence-electron chi connectivity index (χ3n) is 4.42. The van der Waals surface area contributed by atoms with Crippen molar-refractivity contribution < 1.29 is 9.53 Å². The van der Waals surface area contributed by atoms with Gasteiger partial charge in [-0.1, -0.05) is 36.4 Å². The number of anilines is 1. The van der Waals surface area contributed by atoms with Crippen LogP contribution in [0.15, 0.2) is 42.5 Å². The number of benzene rings is 2. The zero-order valence-corrected chi connectivity index (χ0v) is 14.0. The third-order valence-corrected chi connectivity index (χ3v) is 4.42. The second kappa shape index (κ2) is 6.69. The van der Waals surface area contributed by atoms with Gasteiger partial charge in [0.2, 0.25) is 5.91 Å². The minimum atomic E-state index is -0.178. The van der Waals surface area contributed by atoms with Crippen LogP contribution in [0.3, 0.4) is 0 Å². The van der Waals surface area contributed by atoms with Gasteiger partial charge in [-0.3, -0.25) is 9.69 Å². The number of ether oxygens (including phenoxy) is 1. The Morgan fingerprint density at radius 2 is 1.78 bits per heavy atom. The quantitative estimate of drug-likeness (QED) is 0.945. The fourth-order valence-corrected chi connectivity index (χ4v) is 3.27. The van der Waals surface area contributed by atoms with E-state index < -0.39 is 0 Å². The van der Waals surface area contributed by atoms with Crippen LogP contribution in [0.2, 0.25) is 0 Å². The first-order chi connectivity index (χ1) is 11.0. The predicted octanol–water partition coefficient (Wildman–Crippen LogP) is 3.28. The average molecular weight is 312 g/mol. The van der Waals surface area contributed by atoms with E-state index in [4.69, 9.17) is 4.74 Å². The van der Waals surface area contributed by atoms with E-state index in [1.165, 1.54) is 0 Å². The molecule has 2 aromatic carbocycles. The number of amides is 1. The Kier molecular flexibility index (Phi) is 4.64. The van der Waals surface area contributed by atoms with Gasteiger partial charge in [0.25, 0.3) is 0 Å². The molecule has 0 aliphatic carbocycles. The van der Waals surface area contributed by atoms with Crippen LogP contribution in [0.25, 0.3) is 10.8 Å². The van der Waals surface area contributed by atoms with Gasteiger partial charge in [-0.05, 0) is 32.2 Å². The fourth-order valence-electron chi connectivity index (χ4n) is 3.27. The number of carbonyl (C=O) groups is 1. The molecule has 2 aromatic rings. The van der Waals surface area contributed by atoms with E-state index in [9.17, 15) is 4.79 Å². The monoisotopic (exact) mass is 312 g/mol. The van der Waals surface area contributed by atoms with Crippen LogP contribution < -0.4 is 5.32 Å². The average Bonchev–Trinajstić information content (AvgIpc) is 2.53. The molecule has 1 aliphatic rings. The Hall–Kier alpha value is -1.91. The molecule has 1 aliphatic heterocycles. The number of fused-ring (bicyclic) bond motifs is 1. The van der Waals surface area contributed by atoms with Gasteiger partial charge in [0.15, 0.2) is 0 Å². The zero-order valence-electron chi connectivity index (χ0n) is 14.0. The minimum Gasteiger partial charge on any atom is -0.373 e. The molecule has 4 nitrogen and oxygen atoms in total. The molecule has 1 saturated heterocycles. The van der Waals surface area contributed by atoms with E-state index in [0.717, 1.165) is 29.5 Å². The summed E-state index contributed by atoms with van der Waals surface area (Å²) in [5.41, 5.74) is 0.870. The molecule has 3 unspecified atom stereocenters. The van der Waals surface area contributed by atoms with E-state index in [-0.39, 0.29) is 24.2 Å². The number of nitrogens with zero attached hydrogens (tertiary/aromatic N) is 1. The molecule has 3 rings (SSSR count). The summed E-state index contributed by atoms with van der Waals surface area (Å²) in [6, 6.07) is 13.9. The first-order valence-electron chi connectivity index (χ1n) is 8.22. The highest BCUT2D eigenvalue weighted by molar-refractivity contribution is 6.03. The van der Waals surface area contributed by atoms with Crippen molar-refractivity contribution >= 4 is 22.4 Å². The van der Waals surface area contributed by atoms with Crippen LogP contribution in [-0.4, -0.2) is 42.1 Å². The van der Waals surface area contributed by atoms with Crippen LogP contribution in [0.1, 0.15) is 20.8 Å². The van der Waals surface area contributed by atoms with Crippen LogP contribution in [0.5, 0.6) is 0 Å². The smallest absolute Gasteiger partial charge is 0.241 e. The number of nitrogens with one attached hydrogen (secondary N) is 1. The fraction of sp³-hybridized carbons (Fsp3) is 0.421. The molecule has 0 saturated carbocycles. The summed E-state index contributed by atoms with van der Waals surface area (Å²) in [7, 11) is 0. The molecular weight excluding hydrogens is 288 g/mol. The molecule has 0 aromatic heterocycles. The normalized spacial score (nSPS) is 23.6. The van der Waals surface area contributed by atoms with E-state index in [2.05, 4.69) is 36.2 Å². The summed E-state index contributed by atoms with van der Waals surface area (Å²) in [6.45, 7) is 7.64. The third kappa shape index (κ3) is 3.54. The maximum absolute atomic E-state index is 12.7. The zero-order chi connectivity index (χ0) is 16.4. The number of rotatable bonds is 3. The molecule has 4 heteroatoms. The highest BCUT2D eigenvalue weighted by Gasteiger charge is 2.29. The van der Waals surface area contributed by atoms with E-state index in [1.54, 1.807) is 0 Å². The second-order valence-electron chi connectivity index (χ2n) is 6.40. The Labute approximate surface area is 137 Å². The first-order valence-corrected chi connectivity index (χ1v) is 8.22. The summed E-state index contributed by atoms with van der Waals surface area (Å²) < 4.78 is 5.75. The molecule has 0 spiro atoms. The lowest BCUT2D eigenvalue weighted by atomic mass is 10.1. The highest BCUT2D eigenvalue weighted by atomic mass is 16.5. The summed E-state index contributed by atoms with van der Waals surface area (Å²) in [5, 5.41) is 5.29. The first kappa shape index (κ1) is 16.0. The Bertz CT molecular complexity index is 685. The largest absolute Gasteiger partial charge is 0.373 e. The molecule has 0 radical (unpaired) electrons. The molecule has 23 heavy (non-hydrogen) atoms. The number of morpholine rings is 1. The van der Waals surface area contributed by atoms with Crippen molar-refractivity contribution in [1.82, 2.24) is 4.90 Å². The molecule has 1 amide bonds. The van der Waals surface area contributed by atoms with Crippen molar-refractivity contribution in [2.45, 2.75) is 39.0 Å². The standard InChI is InChI=1S/C19H24N2O2/c1-13-11-21(12-14(2)23-13)15(3)19(22)20-18-10-6-8-16-7-4-5-9-17(16)18/h4-10,13-15H,11-12H2,1-3H3,(H,20,22). The van der Waals surface area contributed by atoms with Crippen molar-refractivity contribution in [1.29, 1.82) is 0 Å². The van der Waals surface area contributed by atoms with Gasteiger partial charge in [-0.25, -0.2) is 0 Å². The van der Waals surface area contributed by atoms with E-state index in [1.807, 2.05) is 37.3 Å². The molecule has 1 fully saturated rings. The maximum atomic E-state index is 12.7. The maximum Gasteiger partial charge on any atom is 0.241 e. The Balaban J connectivity index is 1.75. The molecule has 3 atom stereocenters. The molecule has 122 valence electrons. The van der Waals surface area contributed by atoms with Gasteiger partial charge in [-0.2, -0.15) is 0 Å². The number of hydrogen-bond acceptors (Lipinski definition) is 3. The Morgan fingerprint density at radius 3 is 2.52 bits per heavy atom. The predicted molar refractivity (Wildman–Crippen MR) is 93.6 cm³/mol. The van der Waals surface area contributed by atoms with Crippen molar-refractivity contribution in [2.75, 3.05) is 18.4 Å². The van der Waals surface area contributed by atoms with Crippen LogP contribution in [0, 0.1) is 0 Å². The second-order valence-corrected chi connectivity index (χ2v) is 6.40.